The van der Waals surface area contributed by atoms with E-state index in [-0.39, 0.29) is 5.69 Å². The maximum atomic E-state index is 10.8. The monoisotopic (exact) mass is 234 g/mol. The van der Waals surface area contributed by atoms with Crippen molar-refractivity contribution in [3.8, 4) is 11.3 Å². The molecule has 80 valence electrons. The summed E-state index contributed by atoms with van der Waals surface area (Å²) >= 11 is 5.89. The summed E-state index contributed by atoms with van der Waals surface area (Å²) in [4.78, 5) is 18.6. The van der Waals surface area contributed by atoms with E-state index in [0.717, 1.165) is 0 Å². The van der Waals surface area contributed by atoms with Gasteiger partial charge in [-0.25, -0.2) is 14.8 Å². The van der Waals surface area contributed by atoms with Gasteiger partial charge in [-0.15, -0.1) is 0 Å². The SMILES string of the molecule is O=C(O)c1cccc(-c2cccnc2Cl)n1. The van der Waals surface area contributed by atoms with Crippen LogP contribution in [0.2, 0.25) is 5.15 Å². The van der Waals surface area contributed by atoms with Crippen LogP contribution in [0.5, 0.6) is 0 Å². The number of carboxylic acids is 1. The zero-order valence-electron chi connectivity index (χ0n) is 8.09. The molecule has 2 aromatic rings. The third kappa shape index (κ3) is 2.01. The molecule has 0 radical (unpaired) electrons. The fraction of sp³-hybridized carbons (Fsp3) is 0. The van der Waals surface area contributed by atoms with Gasteiger partial charge in [-0.3, -0.25) is 0 Å². The first-order chi connectivity index (χ1) is 7.68. The van der Waals surface area contributed by atoms with Crippen molar-refractivity contribution in [3.05, 3.63) is 47.4 Å². The van der Waals surface area contributed by atoms with Gasteiger partial charge in [-0.05, 0) is 24.3 Å². The summed E-state index contributed by atoms with van der Waals surface area (Å²) in [7, 11) is 0. The molecule has 2 rings (SSSR count). The van der Waals surface area contributed by atoms with E-state index in [1.165, 1.54) is 6.07 Å². The van der Waals surface area contributed by atoms with E-state index >= 15 is 0 Å². The number of pyridine rings is 2. The van der Waals surface area contributed by atoms with Crippen LogP contribution in [0.15, 0.2) is 36.5 Å². The number of hydrogen-bond donors (Lipinski definition) is 1. The third-order valence-corrected chi connectivity index (χ3v) is 2.30. The summed E-state index contributed by atoms with van der Waals surface area (Å²) in [5.41, 5.74) is 1.10. The van der Waals surface area contributed by atoms with Crippen molar-refractivity contribution in [2.24, 2.45) is 0 Å². The molecule has 0 spiro atoms. The van der Waals surface area contributed by atoms with Crippen LogP contribution in [0.1, 0.15) is 10.5 Å². The number of aromatic nitrogens is 2. The molecule has 2 aromatic heterocycles. The molecule has 1 N–H and O–H groups in total. The minimum absolute atomic E-state index is 0.0163. The van der Waals surface area contributed by atoms with Gasteiger partial charge in [0, 0.05) is 11.8 Å². The number of aromatic carboxylic acids is 1. The predicted octanol–water partition coefficient (Wildman–Crippen LogP) is 2.50. The van der Waals surface area contributed by atoms with Crippen LogP contribution in [0.4, 0.5) is 0 Å². The van der Waals surface area contributed by atoms with Crippen molar-refractivity contribution in [1.29, 1.82) is 0 Å². The summed E-state index contributed by atoms with van der Waals surface area (Å²) in [6.45, 7) is 0. The topological polar surface area (TPSA) is 63.1 Å². The zero-order chi connectivity index (χ0) is 11.5. The Balaban J connectivity index is 2.53. The second kappa shape index (κ2) is 4.28. The van der Waals surface area contributed by atoms with Gasteiger partial charge in [0.25, 0.3) is 0 Å². The highest BCUT2D eigenvalue weighted by Crippen LogP contribution is 2.23. The van der Waals surface area contributed by atoms with Crippen LogP contribution in [0.25, 0.3) is 11.3 Å². The first-order valence-electron chi connectivity index (χ1n) is 4.50. The second-order valence-electron chi connectivity index (χ2n) is 3.05. The van der Waals surface area contributed by atoms with Gasteiger partial charge in [0.2, 0.25) is 0 Å². The molecule has 0 aliphatic heterocycles. The van der Waals surface area contributed by atoms with Crippen molar-refractivity contribution in [3.63, 3.8) is 0 Å². The van der Waals surface area contributed by atoms with E-state index in [1.54, 1.807) is 30.5 Å². The highest BCUT2D eigenvalue weighted by atomic mass is 35.5. The molecule has 0 aliphatic rings. The van der Waals surface area contributed by atoms with E-state index in [9.17, 15) is 4.79 Å². The van der Waals surface area contributed by atoms with Gasteiger partial charge in [-0.2, -0.15) is 0 Å². The molecule has 0 unspecified atom stereocenters. The van der Waals surface area contributed by atoms with E-state index in [0.29, 0.717) is 16.4 Å². The zero-order valence-corrected chi connectivity index (χ0v) is 8.85. The van der Waals surface area contributed by atoms with E-state index < -0.39 is 5.97 Å². The molecule has 0 amide bonds. The Morgan fingerprint density at radius 2 is 2.06 bits per heavy atom. The standard InChI is InChI=1S/C11H7ClN2O2/c12-10-7(3-2-6-13-10)8-4-1-5-9(14-8)11(15)16/h1-6H,(H,15,16). The van der Waals surface area contributed by atoms with Crippen molar-refractivity contribution in [2.75, 3.05) is 0 Å². The normalized spacial score (nSPS) is 10.1. The van der Waals surface area contributed by atoms with Gasteiger partial charge in [0.1, 0.15) is 10.8 Å². The summed E-state index contributed by atoms with van der Waals surface area (Å²) in [6, 6.07) is 8.19. The number of nitrogens with zero attached hydrogens (tertiary/aromatic N) is 2. The van der Waals surface area contributed by atoms with E-state index in [2.05, 4.69) is 9.97 Å². The Hall–Kier alpha value is -1.94. The molecule has 0 atom stereocenters. The summed E-state index contributed by atoms with van der Waals surface area (Å²) in [6.07, 6.45) is 1.56. The minimum atomic E-state index is -1.07. The first-order valence-corrected chi connectivity index (χ1v) is 4.87. The lowest BCUT2D eigenvalue weighted by molar-refractivity contribution is 0.0690. The lowest BCUT2D eigenvalue weighted by Gasteiger charge is -2.03. The highest BCUT2D eigenvalue weighted by Gasteiger charge is 2.09. The largest absolute Gasteiger partial charge is 0.477 e. The Labute approximate surface area is 96.6 Å². The average molecular weight is 235 g/mol. The van der Waals surface area contributed by atoms with Crippen LogP contribution in [0.3, 0.4) is 0 Å². The molecule has 0 fully saturated rings. The number of carbonyl (C=O) groups is 1. The predicted molar refractivity (Wildman–Crippen MR) is 59.4 cm³/mol. The summed E-state index contributed by atoms with van der Waals surface area (Å²) < 4.78 is 0. The Kier molecular flexibility index (Phi) is 2.83. The van der Waals surface area contributed by atoms with E-state index in [1.807, 2.05) is 0 Å². The molecule has 16 heavy (non-hydrogen) atoms. The van der Waals surface area contributed by atoms with Crippen molar-refractivity contribution in [2.45, 2.75) is 0 Å². The van der Waals surface area contributed by atoms with Crippen LogP contribution >= 0.6 is 11.6 Å². The van der Waals surface area contributed by atoms with E-state index in [4.69, 9.17) is 16.7 Å². The molecule has 0 bridgehead atoms. The molecule has 4 nitrogen and oxygen atoms in total. The van der Waals surface area contributed by atoms with Crippen molar-refractivity contribution >= 4 is 17.6 Å². The Morgan fingerprint density at radius 3 is 2.75 bits per heavy atom. The minimum Gasteiger partial charge on any atom is -0.477 e. The van der Waals surface area contributed by atoms with Crippen LogP contribution in [-0.2, 0) is 0 Å². The molecular weight excluding hydrogens is 228 g/mol. The Morgan fingerprint density at radius 1 is 1.25 bits per heavy atom. The van der Waals surface area contributed by atoms with Crippen LogP contribution in [0, 0.1) is 0 Å². The molecule has 0 aliphatic carbocycles. The number of halogens is 1. The van der Waals surface area contributed by atoms with Crippen molar-refractivity contribution < 1.29 is 9.90 Å². The Bertz CT molecular complexity index is 543. The van der Waals surface area contributed by atoms with Gasteiger partial charge < -0.3 is 5.11 Å². The molecule has 2 heterocycles. The maximum Gasteiger partial charge on any atom is 0.354 e. The third-order valence-electron chi connectivity index (χ3n) is 2.00. The lowest BCUT2D eigenvalue weighted by Crippen LogP contribution is -2.00. The lowest BCUT2D eigenvalue weighted by atomic mass is 10.2. The smallest absolute Gasteiger partial charge is 0.354 e. The molecule has 0 saturated heterocycles. The molecular formula is C11H7ClN2O2. The second-order valence-corrected chi connectivity index (χ2v) is 3.41. The fourth-order valence-corrected chi connectivity index (χ4v) is 1.50. The summed E-state index contributed by atoms with van der Waals surface area (Å²) in [5.74, 6) is -1.07. The van der Waals surface area contributed by atoms with Gasteiger partial charge in [0.05, 0.1) is 5.69 Å². The van der Waals surface area contributed by atoms with Gasteiger partial charge in [-0.1, -0.05) is 17.7 Å². The molecule has 0 saturated carbocycles. The maximum absolute atomic E-state index is 10.8. The van der Waals surface area contributed by atoms with Gasteiger partial charge in [0.15, 0.2) is 0 Å². The van der Waals surface area contributed by atoms with Gasteiger partial charge >= 0.3 is 5.97 Å². The van der Waals surface area contributed by atoms with Crippen LogP contribution in [-0.4, -0.2) is 21.0 Å². The number of hydrogen-bond acceptors (Lipinski definition) is 3. The number of carboxylic acid groups (broad SMARTS) is 1. The summed E-state index contributed by atoms with van der Waals surface area (Å²) in [5, 5.41) is 9.12. The first kappa shape index (κ1) is 10.6. The fourth-order valence-electron chi connectivity index (χ4n) is 1.28. The van der Waals surface area contributed by atoms with Crippen molar-refractivity contribution in [1.82, 2.24) is 9.97 Å². The molecule has 5 heteroatoms. The highest BCUT2D eigenvalue weighted by molar-refractivity contribution is 6.32. The average Bonchev–Trinajstić information content (AvgIpc) is 2.30. The molecule has 0 aromatic carbocycles. The van der Waals surface area contributed by atoms with Crippen LogP contribution < -0.4 is 0 Å². The number of rotatable bonds is 2. The quantitative estimate of drug-likeness (QED) is 0.811.